The molecule has 0 unspecified atom stereocenters. The number of carbonyl (C=O) groups is 1. The number of ether oxygens (including phenoxy) is 2. The molecule has 0 saturated carbocycles. The Labute approximate surface area is 102 Å². The summed E-state index contributed by atoms with van der Waals surface area (Å²) in [6, 6.07) is 0. The van der Waals surface area contributed by atoms with Crippen LogP contribution in [0.2, 0.25) is 0 Å². The zero-order chi connectivity index (χ0) is 13.3. The van der Waals surface area contributed by atoms with Crippen LogP contribution in [0.15, 0.2) is 11.0 Å². The van der Waals surface area contributed by atoms with Gasteiger partial charge in [-0.25, -0.2) is 9.59 Å². The predicted molar refractivity (Wildman–Crippen MR) is 58.0 cm³/mol. The van der Waals surface area contributed by atoms with E-state index in [1.165, 1.54) is 13.3 Å². The summed E-state index contributed by atoms with van der Waals surface area (Å²) in [5.74, 6) is -0.664. The van der Waals surface area contributed by atoms with Gasteiger partial charge >= 0.3 is 11.7 Å². The Morgan fingerprint density at radius 3 is 3.00 bits per heavy atom. The van der Waals surface area contributed by atoms with Gasteiger partial charge in [-0.3, -0.25) is 9.55 Å². The number of aliphatic hydroxyl groups excluding tert-OH is 2. The fourth-order valence-corrected chi connectivity index (χ4v) is 1.89. The molecule has 0 aliphatic carbocycles. The number of aliphatic hydroxyl groups is 2. The van der Waals surface area contributed by atoms with Crippen LogP contribution < -0.4 is 5.69 Å². The molecule has 0 spiro atoms. The molecule has 8 nitrogen and oxygen atoms in total. The monoisotopic (exact) mass is 258 g/mol. The fourth-order valence-electron chi connectivity index (χ4n) is 1.89. The number of carbonyl (C=O) groups excluding carboxylic acids is 1. The smallest absolute Gasteiger partial charge is 0.356 e. The van der Waals surface area contributed by atoms with E-state index in [0.717, 1.165) is 4.57 Å². The van der Waals surface area contributed by atoms with Crippen molar-refractivity contribution in [1.82, 2.24) is 9.55 Å². The van der Waals surface area contributed by atoms with Gasteiger partial charge in [0.25, 0.3) is 0 Å². The lowest BCUT2D eigenvalue weighted by molar-refractivity contribution is -0.0453. The third-order valence-electron chi connectivity index (χ3n) is 2.84. The molecule has 0 amide bonds. The van der Waals surface area contributed by atoms with E-state index in [-0.39, 0.29) is 18.7 Å². The van der Waals surface area contributed by atoms with E-state index >= 15 is 0 Å². The summed E-state index contributed by atoms with van der Waals surface area (Å²) < 4.78 is 10.9. The first-order valence-electron chi connectivity index (χ1n) is 5.40. The molecule has 1 aromatic heterocycles. The van der Waals surface area contributed by atoms with E-state index in [4.69, 9.17) is 9.84 Å². The minimum absolute atomic E-state index is 0.00744. The summed E-state index contributed by atoms with van der Waals surface area (Å²) in [4.78, 5) is 25.2. The molecule has 1 saturated heterocycles. The van der Waals surface area contributed by atoms with Crippen molar-refractivity contribution in [1.29, 1.82) is 0 Å². The molecule has 2 heterocycles. The molecular formula is C10H14N2O6. The van der Waals surface area contributed by atoms with Crippen LogP contribution in [-0.4, -0.2) is 51.7 Å². The van der Waals surface area contributed by atoms with Crippen molar-refractivity contribution in [2.75, 3.05) is 13.7 Å². The number of nitrogens with one attached hydrogen (secondary N) is 1. The highest BCUT2D eigenvalue weighted by Gasteiger charge is 2.35. The zero-order valence-corrected chi connectivity index (χ0v) is 9.70. The van der Waals surface area contributed by atoms with E-state index in [2.05, 4.69) is 9.72 Å². The van der Waals surface area contributed by atoms with Crippen LogP contribution in [0, 0.1) is 0 Å². The minimum atomic E-state index is -0.844. The molecule has 100 valence electrons. The maximum atomic E-state index is 11.6. The van der Waals surface area contributed by atoms with Gasteiger partial charge in [0.15, 0.2) is 0 Å². The molecule has 1 aliphatic heterocycles. The lowest BCUT2D eigenvalue weighted by Crippen LogP contribution is -2.25. The van der Waals surface area contributed by atoms with Crippen LogP contribution in [0.5, 0.6) is 0 Å². The number of aromatic nitrogens is 2. The number of methoxy groups -OCH3 is 1. The number of imidazole rings is 1. The maximum Gasteiger partial charge on any atom is 0.356 e. The van der Waals surface area contributed by atoms with Gasteiger partial charge in [0.2, 0.25) is 0 Å². The molecule has 0 radical (unpaired) electrons. The molecule has 1 aromatic rings. The number of esters is 1. The first-order valence-corrected chi connectivity index (χ1v) is 5.40. The topological polar surface area (TPSA) is 114 Å². The van der Waals surface area contributed by atoms with Crippen molar-refractivity contribution < 1.29 is 24.5 Å². The molecule has 3 atom stereocenters. The van der Waals surface area contributed by atoms with E-state index < -0.39 is 30.1 Å². The molecule has 1 aliphatic rings. The van der Waals surface area contributed by atoms with Crippen LogP contribution >= 0.6 is 0 Å². The van der Waals surface area contributed by atoms with Crippen LogP contribution in [0.4, 0.5) is 0 Å². The Bertz CT molecular complexity index is 493. The Kier molecular flexibility index (Phi) is 3.50. The van der Waals surface area contributed by atoms with Crippen LogP contribution in [0.25, 0.3) is 0 Å². The highest BCUT2D eigenvalue weighted by atomic mass is 16.5. The van der Waals surface area contributed by atoms with Crippen molar-refractivity contribution in [3.8, 4) is 0 Å². The molecule has 0 aromatic carbocycles. The molecule has 1 fully saturated rings. The van der Waals surface area contributed by atoms with E-state index in [1.54, 1.807) is 0 Å². The van der Waals surface area contributed by atoms with E-state index in [0.29, 0.717) is 0 Å². The summed E-state index contributed by atoms with van der Waals surface area (Å²) in [6.07, 6.45) is -0.837. The number of H-pyrrole nitrogens is 1. The molecule has 18 heavy (non-hydrogen) atoms. The molecule has 3 N–H and O–H groups in total. The van der Waals surface area contributed by atoms with Gasteiger partial charge in [-0.05, 0) is 0 Å². The third-order valence-corrected chi connectivity index (χ3v) is 2.84. The Morgan fingerprint density at radius 2 is 2.44 bits per heavy atom. The van der Waals surface area contributed by atoms with E-state index in [1.807, 2.05) is 0 Å². The largest absolute Gasteiger partial charge is 0.464 e. The summed E-state index contributed by atoms with van der Waals surface area (Å²) in [5.41, 5.74) is -0.528. The van der Waals surface area contributed by atoms with Gasteiger partial charge in [-0.15, -0.1) is 0 Å². The SMILES string of the molecule is COC(=O)c1cn([C@H]2C[C@H](O)[C@@H](CO)O2)c(=O)[nH]1. The average Bonchev–Trinajstić information content (AvgIpc) is 2.91. The highest BCUT2D eigenvalue weighted by molar-refractivity contribution is 5.86. The molecule has 8 heteroatoms. The van der Waals surface area contributed by atoms with Crippen molar-refractivity contribution in [3.63, 3.8) is 0 Å². The highest BCUT2D eigenvalue weighted by Crippen LogP contribution is 2.27. The summed E-state index contributed by atoms with van der Waals surface area (Å²) in [6.45, 7) is -0.333. The normalized spacial score (nSPS) is 27.4. The zero-order valence-electron chi connectivity index (χ0n) is 9.70. The second-order valence-electron chi connectivity index (χ2n) is 3.99. The van der Waals surface area contributed by atoms with Gasteiger partial charge in [-0.2, -0.15) is 0 Å². The first-order chi connectivity index (χ1) is 8.56. The minimum Gasteiger partial charge on any atom is -0.464 e. The first kappa shape index (κ1) is 12.8. The second kappa shape index (κ2) is 4.92. The Balaban J connectivity index is 2.22. The van der Waals surface area contributed by atoms with Crippen LogP contribution in [0.1, 0.15) is 23.1 Å². The predicted octanol–water partition coefficient (Wildman–Crippen LogP) is -1.40. The number of rotatable bonds is 3. The van der Waals surface area contributed by atoms with Gasteiger partial charge in [0.1, 0.15) is 18.0 Å². The molecule has 0 bridgehead atoms. The quantitative estimate of drug-likeness (QED) is 0.575. The summed E-state index contributed by atoms with van der Waals surface area (Å²) in [7, 11) is 1.20. The van der Waals surface area contributed by atoms with Gasteiger partial charge in [0.05, 0.1) is 19.8 Å². The van der Waals surface area contributed by atoms with Crippen molar-refractivity contribution in [2.24, 2.45) is 0 Å². The van der Waals surface area contributed by atoms with Crippen LogP contribution in [-0.2, 0) is 9.47 Å². The second-order valence-corrected chi connectivity index (χ2v) is 3.99. The molecule has 2 rings (SSSR count). The number of hydrogen-bond donors (Lipinski definition) is 3. The van der Waals surface area contributed by atoms with Gasteiger partial charge in [-0.1, -0.05) is 0 Å². The van der Waals surface area contributed by atoms with Crippen molar-refractivity contribution in [2.45, 2.75) is 24.9 Å². The summed E-state index contributed by atoms with van der Waals surface area (Å²) >= 11 is 0. The lowest BCUT2D eigenvalue weighted by atomic mass is 10.2. The number of aromatic amines is 1. The van der Waals surface area contributed by atoms with Crippen molar-refractivity contribution >= 4 is 5.97 Å². The summed E-state index contributed by atoms with van der Waals surface area (Å²) in [5, 5.41) is 18.5. The Morgan fingerprint density at radius 1 is 1.72 bits per heavy atom. The Hall–Kier alpha value is -1.64. The number of nitrogens with zero attached hydrogens (tertiary/aromatic N) is 1. The maximum absolute atomic E-state index is 11.6. The average molecular weight is 258 g/mol. The molecular weight excluding hydrogens is 244 g/mol. The fraction of sp³-hybridized carbons (Fsp3) is 0.600. The standard InChI is InChI=1S/C10H14N2O6/c1-17-9(15)5-3-12(10(16)11-5)8-2-6(14)7(4-13)18-8/h3,6-8,13-14H,2,4H2,1H3,(H,11,16)/t6-,7+,8+/m0/s1. The van der Waals surface area contributed by atoms with Gasteiger partial charge in [0, 0.05) is 12.6 Å². The lowest BCUT2D eigenvalue weighted by Gasteiger charge is -2.11. The van der Waals surface area contributed by atoms with Crippen molar-refractivity contribution in [3.05, 3.63) is 22.4 Å². The van der Waals surface area contributed by atoms with E-state index in [9.17, 15) is 14.7 Å². The third kappa shape index (κ3) is 2.17. The number of hydrogen-bond acceptors (Lipinski definition) is 6. The van der Waals surface area contributed by atoms with Gasteiger partial charge < -0.3 is 19.7 Å². The van der Waals surface area contributed by atoms with Crippen LogP contribution in [0.3, 0.4) is 0 Å².